The SMILES string of the molecule is CCN(Cc1ccccc1)c1cncc(C(=O)N(C)c2ccccc2)c1. The molecule has 0 aliphatic rings. The number of carbonyl (C=O) groups is 1. The molecule has 1 amide bonds. The van der Waals surface area contributed by atoms with Crippen LogP contribution >= 0.6 is 0 Å². The third kappa shape index (κ3) is 4.09. The molecule has 0 fully saturated rings. The van der Waals surface area contributed by atoms with Crippen molar-refractivity contribution in [3.63, 3.8) is 0 Å². The van der Waals surface area contributed by atoms with Crippen LogP contribution in [0.25, 0.3) is 0 Å². The highest BCUT2D eigenvalue weighted by Gasteiger charge is 2.15. The molecule has 0 N–H and O–H groups in total. The van der Waals surface area contributed by atoms with E-state index in [0.717, 1.165) is 24.5 Å². The number of carbonyl (C=O) groups excluding carboxylic acids is 1. The average Bonchev–Trinajstić information content (AvgIpc) is 2.72. The number of rotatable bonds is 6. The molecule has 1 aromatic heterocycles. The number of pyridine rings is 1. The highest BCUT2D eigenvalue weighted by atomic mass is 16.2. The Morgan fingerprint density at radius 2 is 1.58 bits per heavy atom. The van der Waals surface area contributed by atoms with Crippen LogP contribution in [0.2, 0.25) is 0 Å². The number of aromatic nitrogens is 1. The van der Waals surface area contributed by atoms with Crippen molar-refractivity contribution >= 4 is 17.3 Å². The zero-order chi connectivity index (χ0) is 18.4. The minimum absolute atomic E-state index is 0.0682. The fourth-order valence-electron chi connectivity index (χ4n) is 2.87. The summed E-state index contributed by atoms with van der Waals surface area (Å²) < 4.78 is 0. The molecule has 2 aromatic carbocycles. The normalized spacial score (nSPS) is 10.4. The van der Waals surface area contributed by atoms with E-state index in [1.165, 1.54) is 5.56 Å². The van der Waals surface area contributed by atoms with Crippen LogP contribution < -0.4 is 9.80 Å². The number of amides is 1. The Labute approximate surface area is 154 Å². The van der Waals surface area contributed by atoms with Gasteiger partial charge in [-0.2, -0.15) is 0 Å². The second kappa shape index (κ2) is 8.30. The zero-order valence-corrected chi connectivity index (χ0v) is 15.2. The van der Waals surface area contributed by atoms with Gasteiger partial charge in [-0.3, -0.25) is 9.78 Å². The monoisotopic (exact) mass is 345 g/mol. The van der Waals surface area contributed by atoms with Gasteiger partial charge in [0.1, 0.15) is 0 Å². The standard InChI is InChI=1S/C22H23N3O/c1-3-25(17-18-10-6-4-7-11-18)21-14-19(15-23-16-21)22(26)24(2)20-12-8-5-9-13-20/h4-16H,3,17H2,1-2H3. The van der Waals surface area contributed by atoms with Crippen molar-refractivity contribution < 1.29 is 4.79 Å². The summed E-state index contributed by atoms with van der Waals surface area (Å²) in [7, 11) is 1.78. The van der Waals surface area contributed by atoms with E-state index in [2.05, 4.69) is 28.9 Å². The van der Waals surface area contributed by atoms with Crippen LogP contribution in [0.5, 0.6) is 0 Å². The molecule has 26 heavy (non-hydrogen) atoms. The molecule has 0 spiro atoms. The van der Waals surface area contributed by atoms with Gasteiger partial charge in [-0.05, 0) is 30.7 Å². The van der Waals surface area contributed by atoms with E-state index in [-0.39, 0.29) is 5.91 Å². The highest BCUT2D eigenvalue weighted by molar-refractivity contribution is 6.06. The molecule has 0 aliphatic carbocycles. The number of nitrogens with zero attached hydrogens (tertiary/aromatic N) is 3. The van der Waals surface area contributed by atoms with E-state index in [4.69, 9.17) is 0 Å². The molecule has 132 valence electrons. The molecule has 1 heterocycles. The van der Waals surface area contributed by atoms with Crippen LogP contribution in [0.4, 0.5) is 11.4 Å². The first kappa shape index (κ1) is 17.7. The molecule has 0 radical (unpaired) electrons. The Hall–Kier alpha value is -3.14. The highest BCUT2D eigenvalue weighted by Crippen LogP contribution is 2.20. The third-order valence-electron chi connectivity index (χ3n) is 4.38. The second-order valence-corrected chi connectivity index (χ2v) is 6.13. The van der Waals surface area contributed by atoms with Gasteiger partial charge >= 0.3 is 0 Å². The van der Waals surface area contributed by atoms with Crippen molar-refractivity contribution in [2.75, 3.05) is 23.4 Å². The van der Waals surface area contributed by atoms with Crippen molar-refractivity contribution in [3.8, 4) is 0 Å². The largest absolute Gasteiger partial charge is 0.366 e. The lowest BCUT2D eigenvalue weighted by atomic mass is 10.1. The van der Waals surface area contributed by atoms with Crippen molar-refractivity contribution in [2.24, 2.45) is 0 Å². The quantitative estimate of drug-likeness (QED) is 0.665. The molecule has 3 rings (SSSR count). The molecular formula is C22H23N3O. The predicted octanol–water partition coefficient (Wildman–Crippen LogP) is 4.38. The third-order valence-corrected chi connectivity index (χ3v) is 4.38. The van der Waals surface area contributed by atoms with Gasteiger partial charge in [-0.15, -0.1) is 0 Å². The van der Waals surface area contributed by atoms with E-state index in [9.17, 15) is 4.79 Å². The van der Waals surface area contributed by atoms with E-state index in [1.54, 1.807) is 18.1 Å². The average molecular weight is 345 g/mol. The molecule has 0 saturated heterocycles. The van der Waals surface area contributed by atoms with E-state index in [0.29, 0.717) is 5.56 Å². The van der Waals surface area contributed by atoms with Gasteiger partial charge in [0.05, 0.1) is 17.4 Å². The summed E-state index contributed by atoms with van der Waals surface area (Å²) in [5.74, 6) is -0.0682. The van der Waals surface area contributed by atoms with Gasteiger partial charge < -0.3 is 9.80 Å². The molecule has 0 saturated carbocycles. The first-order valence-electron chi connectivity index (χ1n) is 8.76. The summed E-state index contributed by atoms with van der Waals surface area (Å²) in [5.41, 5.74) is 3.62. The second-order valence-electron chi connectivity index (χ2n) is 6.13. The summed E-state index contributed by atoms with van der Waals surface area (Å²) in [5, 5.41) is 0. The zero-order valence-electron chi connectivity index (χ0n) is 15.2. The van der Waals surface area contributed by atoms with Crippen molar-refractivity contribution in [2.45, 2.75) is 13.5 Å². The fraction of sp³-hybridized carbons (Fsp3) is 0.182. The van der Waals surface area contributed by atoms with Crippen molar-refractivity contribution in [1.29, 1.82) is 0 Å². The summed E-state index contributed by atoms with van der Waals surface area (Å²) in [6, 6.07) is 21.8. The van der Waals surface area contributed by atoms with Crippen LogP contribution in [-0.2, 0) is 6.54 Å². The van der Waals surface area contributed by atoms with Crippen LogP contribution in [0.15, 0.2) is 79.1 Å². The maximum atomic E-state index is 12.8. The number of hydrogen-bond acceptors (Lipinski definition) is 3. The van der Waals surface area contributed by atoms with E-state index in [1.807, 2.05) is 60.8 Å². The van der Waals surface area contributed by atoms with Crippen LogP contribution in [-0.4, -0.2) is 24.5 Å². The van der Waals surface area contributed by atoms with Gasteiger partial charge in [0.2, 0.25) is 0 Å². The first-order chi connectivity index (χ1) is 12.7. The van der Waals surface area contributed by atoms with Gasteiger partial charge in [0.25, 0.3) is 5.91 Å². The van der Waals surface area contributed by atoms with Gasteiger partial charge in [-0.25, -0.2) is 0 Å². The summed E-state index contributed by atoms with van der Waals surface area (Å²) in [6.45, 7) is 3.72. The van der Waals surface area contributed by atoms with E-state index >= 15 is 0 Å². The van der Waals surface area contributed by atoms with E-state index < -0.39 is 0 Å². The van der Waals surface area contributed by atoms with Crippen LogP contribution in [0, 0.1) is 0 Å². The van der Waals surface area contributed by atoms with Crippen molar-refractivity contribution in [1.82, 2.24) is 4.98 Å². The topological polar surface area (TPSA) is 36.4 Å². The minimum Gasteiger partial charge on any atom is -0.366 e. The molecule has 0 unspecified atom stereocenters. The lowest BCUT2D eigenvalue weighted by Crippen LogP contribution is -2.27. The predicted molar refractivity (Wildman–Crippen MR) is 107 cm³/mol. The lowest BCUT2D eigenvalue weighted by molar-refractivity contribution is 0.0992. The molecule has 0 bridgehead atoms. The van der Waals surface area contributed by atoms with Gasteiger partial charge in [0.15, 0.2) is 0 Å². The van der Waals surface area contributed by atoms with Gasteiger partial charge in [0, 0.05) is 32.0 Å². The maximum absolute atomic E-state index is 12.8. The van der Waals surface area contributed by atoms with Gasteiger partial charge in [-0.1, -0.05) is 48.5 Å². The Kier molecular flexibility index (Phi) is 5.64. The molecule has 4 nitrogen and oxygen atoms in total. The number of benzene rings is 2. The van der Waals surface area contributed by atoms with Crippen LogP contribution in [0.1, 0.15) is 22.8 Å². The Morgan fingerprint density at radius 3 is 2.23 bits per heavy atom. The fourth-order valence-corrected chi connectivity index (χ4v) is 2.87. The number of hydrogen-bond donors (Lipinski definition) is 0. The maximum Gasteiger partial charge on any atom is 0.259 e. The molecule has 0 atom stereocenters. The Bertz CT molecular complexity index is 850. The number of anilines is 2. The first-order valence-corrected chi connectivity index (χ1v) is 8.76. The molecular weight excluding hydrogens is 322 g/mol. The minimum atomic E-state index is -0.0682. The summed E-state index contributed by atoms with van der Waals surface area (Å²) in [4.78, 5) is 21.0. The lowest BCUT2D eigenvalue weighted by Gasteiger charge is -2.24. The number of para-hydroxylation sites is 1. The summed E-state index contributed by atoms with van der Waals surface area (Å²) in [6.07, 6.45) is 3.44. The smallest absolute Gasteiger partial charge is 0.259 e. The molecule has 3 aromatic rings. The Balaban J connectivity index is 1.81. The molecule has 0 aliphatic heterocycles. The summed E-state index contributed by atoms with van der Waals surface area (Å²) >= 11 is 0. The Morgan fingerprint density at radius 1 is 0.923 bits per heavy atom. The molecule has 4 heteroatoms. The van der Waals surface area contributed by atoms with Crippen LogP contribution in [0.3, 0.4) is 0 Å². The van der Waals surface area contributed by atoms with Crippen molar-refractivity contribution in [3.05, 3.63) is 90.3 Å².